The van der Waals surface area contributed by atoms with Crippen molar-refractivity contribution in [3.63, 3.8) is 0 Å². The van der Waals surface area contributed by atoms with Gasteiger partial charge in [-0.05, 0) is 24.6 Å². The highest BCUT2D eigenvalue weighted by atomic mass is 16.6. The van der Waals surface area contributed by atoms with Crippen molar-refractivity contribution < 1.29 is 4.92 Å². The first-order chi connectivity index (χ1) is 10.2. The number of hydrogen-bond acceptors (Lipinski definition) is 5. The van der Waals surface area contributed by atoms with E-state index >= 15 is 0 Å². The minimum atomic E-state index is -0.425. The summed E-state index contributed by atoms with van der Waals surface area (Å²) in [5.41, 5.74) is 1.16. The molecule has 0 amide bonds. The topological polar surface area (TPSA) is 71.3 Å². The molecule has 0 saturated carbocycles. The van der Waals surface area contributed by atoms with Gasteiger partial charge in [0.25, 0.3) is 0 Å². The van der Waals surface area contributed by atoms with Gasteiger partial charge in [-0.1, -0.05) is 18.2 Å². The van der Waals surface area contributed by atoms with Gasteiger partial charge >= 0.3 is 5.69 Å². The number of nitro groups is 1. The first-order valence-electron chi connectivity index (χ1n) is 6.78. The van der Waals surface area contributed by atoms with Gasteiger partial charge in [0.05, 0.1) is 4.92 Å². The molecule has 1 aromatic heterocycles. The summed E-state index contributed by atoms with van der Waals surface area (Å²) in [7, 11) is 2.03. The highest BCUT2D eigenvalue weighted by Gasteiger charge is 2.13. The quantitative estimate of drug-likeness (QED) is 0.481. The zero-order valence-corrected chi connectivity index (χ0v) is 11.9. The van der Waals surface area contributed by atoms with Crippen molar-refractivity contribution >= 4 is 17.2 Å². The van der Waals surface area contributed by atoms with E-state index in [1.165, 1.54) is 6.07 Å². The lowest BCUT2D eigenvalue weighted by Gasteiger charge is -2.19. The molecule has 0 aliphatic heterocycles. The summed E-state index contributed by atoms with van der Waals surface area (Å²) >= 11 is 0. The Labute approximate surface area is 123 Å². The summed E-state index contributed by atoms with van der Waals surface area (Å²) < 4.78 is 0. The number of aromatic nitrogens is 1. The van der Waals surface area contributed by atoms with E-state index in [9.17, 15) is 10.1 Å². The standard InChI is InChI=1S/C15H18N4O2/c1-18(13-7-3-2-4-8-13)12-6-11-17-15-14(19(20)21)9-5-10-16-15/h2-5,7-10H,6,11-12H2,1H3,(H,16,17). The third-order valence-corrected chi connectivity index (χ3v) is 3.14. The summed E-state index contributed by atoms with van der Waals surface area (Å²) in [4.78, 5) is 16.6. The first kappa shape index (κ1) is 14.8. The lowest BCUT2D eigenvalue weighted by atomic mass is 10.3. The molecule has 0 aliphatic rings. The predicted molar refractivity (Wildman–Crippen MR) is 83.7 cm³/mol. The van der Waals surface area contributed by atoms with E-state index in [1.54, 1.807) is 12.3 Å². The van der Waals surface area contributed by atoms with E-state index in [-0.39, 0.29) is 5.69 Å². The number of benzene rings is 1. The number of nitrogens with zero attached hydrogens (tertiary/aromatic N) is 3. The molecule has 0 atom stereocenters. The van der Waals surface area contributed by atoms with Crippen molar-refractivity contribution in [2.75, 3.05) is 30.4 Å². The van der Waals surface area contributed by atoms with E-state index in [0.29, 0.717) is 12.4 Å². The zero-order chi connectivity index (χ0) is 15.1. The Kier molecular flexibility index (Phi) is 5.09. The Morgan fingerprint density at radius 1 is 1.24 bits per heavy atom. The number of nitrogens with one attached hydrogen (secondary N) is 1. The summed E-state index contributed by atoms with van der Waals surface area (Å²) in [6, 6.07) is 13.1. The Hall–Kier alpha value is -2.63. The fourth-order valence-corrected chi connectivity index (χ4v) is 2.01. The number of hydrogen-bond donors (Lipinski definition) is 1. The Balaban J connectivity index is 1.81. The molecule has 2 rings (SSSR count). The molecule has 0 unspecified atom stereocenters. The van der Waals surface area contributed by atoms with Gasteiger partial charge < -0.3 is 10.2 Å². The largest absolute Gasteiger partial charge is 0.375 e. The maximum Gasteiger partial charge on any atom is 0.311 e. The van der Waals surface area contributed by atoms with E-state index in [2.05, 4.69) is 27.3 Å². The van der Waals surface area contributed by atoms with Crippen LogP contribution >= 0.6 is 0 Å². The molecule has 0 radical (unpaired) electrons. The molecule has 0 saturated heterocycles. The van der Waals surface area contributed by atoms with Crippen LogP contribution in [0.3, 0.4) is 0 Å². The molecular weight excluding hydrogens is 268 g/mol. The molecule has 6 nitrogen and oxygen atoms in total. The average Bonchev–Trinajstić information content (AvgIpc) is 2.52. The highest BCUT2D eigenvalue weighted by molar-refractivity contribution is 5.55. The van der Waals surface area contributed by atoms with E-state index in [0.717, 1.165) is 18.7 Å². The maximum absolute atomic E-state index is 10.9. The second-order valence-electron chi connectivity index (χ2n) is 4.67. The molecule has 1 aromatic carbocycles. The van der Waals surface area contributed by atoms with Crippen molar-refractivity contribution in [2.24, 2.45) is 0 Å². The van der Waals surface area contributed by atoms with Crippen LogP contribution < -0.4 is 10.2 Å². The van der Waals surface area contributed by atoms with Crippen LogP contribution in [-0.4, -0.2) is 30.0 Å². The third-order valence-electron chi connectivity index (χ3n) is 3.14. The van der Waals surface area contributed by atoms with Gasteiger partial charge in [-0.3, -0.25) is 10.1 Å². The summed E-state index contributed by atoms with van der Waals surface area (Å²) in [6.45, 7) is 1.49. The van der Waals surface area contributed by atoms with Gasteiger partial charge in [-0.2, -0.15) is 0 Å². The number of para-hydroxylation sites is 1. The van der Waals surface area contributed by atoms with Crippen molar-refractivity contribution in [1.82, 2.24) is 4.98 Å². The second kappa shape index (κ2) is 7.23. The first-order valence-corrected chi connectivity index (χ1v) is 6.78. The van der Waals surface area contributed by atoms with E-state index < -0.39 is 4.92 Å². The molecule has 6 heteroatoms. The molecule has 0 bridgehead atoms. The lowest BCUT2D eigenvalue weighted by molar-refractivity contribution is -0.384. The molecule has 1 heterocycles. The number of rotatable bonds is 7. The minimum Gasteiger partial charge on any atom is -0.375 e. The van der Waals surface area contributed by atoms with Crippen LogP contribution in [0.5, 0.6) is 0 Å². The summed E-state index contributed by atoms with van der Waals surface area (Å²) in [6.07, 6.45) is 2.41. The van der Waals surface area contributed by atoms with Gasteiger partial charge in [-0.25, -0.2) is 4.98 Å². The summed E-state index contributed by atoms with van der Waals surface area (Å²) in [5, 5.41) is 13.9. The molecule has 2 aromatic rings. The van der Waals surface area contributed by atoms with E-state index in [4.69, 9.17) is 0 Å². The lowest BCUT2D eigenvalue weighted by Crippen LogP contribution is -2.21. The number of anilines is 2. The Bertz CT molecular complexity index is 589. The van der Waals surface area contributed by atoms with Crippen LogP contribution in [0.15, 0.2) is 48.7 Å². The predicted octanol–water partition coefficient (Wildman–Crippen LogP) is 2.93. The fourth-order valence-electron chi connectivity index (χ4n) is 2.01. The normalized spacial score (nSPS) is 10.1. The minimum absolute atomic E-state index is 0.00825. The van der Waals surface area contributed by atoms with Gasteiger partial charge in [-0.15, -0.1) is 0 Å². The highest BCUT2D eigenvalue weighted by Crippen LogP contribution is 2.20. The molecule has 21 heavy (non-hydrogen) atoms. The van der Waals surface area contributed by atoms with Gasteiger partial charge in [0.1, 0.15) is 0 Å². The molecular formula is C15H18N4O2. The van der Waals surface area contributed by atoms with Crippen LogP contribution in [0.25, 0.3) is 0 Å². The smallest absolute Gasteiger partial charge is 0.311 e. The van der Waals surface area contributed by atoms with Gasteiger partial charge in [0.15, 0.2) is 0 Å². The monoisotopic (exact) mass is 286 g/mol. The molecule has 0 spiro atoms. The molecule has 0 fully saturated rings. The SMILES string of the molecule is CN(CCCNc1ncccc1[N+](=O)[O-])c1ccccc1. The zero-order valence-electron chi connectivity index (χ0n) is 11.9. The van der Waals surface area contributed by atoms with Gasteiger partial charge in [0.2, 0.25) is 5.82 Å². The second-order valence-corrected chi connectivity index (χ2v) is 4.67. The van der Waals surface area contributed by atoms with Crippen molar-refractivity contribution in [3.05, 3.63) is 58.8 Å². The van der Waals surface area contributed by atoms with Crippen molar-refractivity contribution in [2.45, 2.75) is 6.42 Å². The van der Waals surface area contributed by atoms with Crippen molar-refractivity contribution in [3.8, 4) is 0 Å². The number of pyridine rings is 1. The van der Waals surface area contributed by atoms with Crippen LogP contribution in [0.1, 0.15) is 6.42 Å². The van der Waals surface area contributed by atoms with Crippen molar-refractivity contribution in [1.29, 1.82) is 0 Å². The Morgan fingerprint density at radius 3 is 2.71 bits per heavy atom. The van der Waals surface area contributed by atoms with Crippen LogP contribution in [0.2, 0.25) is 0 Å². The average molecular weight is 286 g/mol. The summed E-state index contributed by atoms with van der Waals surface area (Å²) in [5.74, 6) is 0.324. The maximum atomic E-state index is 10.9. The van der Waals surface area contributed by atoms with Crippen LogP contribution in [0, 0.1) is 10.1 Å². The Morgan fingerprint density at radius 2 is 2.00 bits per heavy atom. The third kappa shape index (κ3) is 4.17. The van der Waals surface area contributed by atoms with Crippen LogP contribution in [-0.2, 0) is 0 Å². The molecule has 1 N–H and O–H groups in total. The fraction of sp³-hybridized carbons (Fsp3) is 0.267. The van der Waals surface area contributed by atoms with E-state index in [1.807, 2.05) is 25.2 Å². The van der Waals surface area contributed by atoms with Gasteiger partial charge in [0, 0.05) is 38.1 Å². The molecule has 0 aliphatic carbocycles. The molecule has 110 valence electrons. The van der Waals surface area contributed by atoms with Crippen LogP contribution in [0.4, 0.5) is 17.2 Å².